The highest BCUT2D eigenvalue weighted by Gasteiger charge is 2.18. The van der Waals surface area contributed by atoms with Gasteiger partial charge in [0, 0.05) is 24.8 Å². The molecule has 0 spiro atoms. The van der Waals surface area contributed by atoms with Gasteiger partial charge in [-0.3, -0.25) is 9.59 Å². The highest BCUT2D eigenvalue weighted by atomic mass is 16.5. The molecule has 27 heavy (non-hydrogen) atoms. The summed E-state index contributed by atoms with van der Waals surface area (Å²) < 4.78 is 5.58. The van der Waals surface area contributed by atoms with E-state index in [9.17, 15) is 9.59 Å². The van der Waals surface area contributed by atoms with Crippen molar-refractivity contribution in [1.82, 2.24) is 4.90 Å². The van der Waals surface area contributed by atoms with Crippen LogP contribution in [0.25, 0.3) is 0 Å². The molecule has 0 unspecified atom stereocenters. The molecule has 1 aliphatic rings. The predicted molar refractivity (Wildman–Crippen MR) is 105 cm³/mol. The van der Waals surface area contributed by atoms with Gasteiger partial charge in [-0.15, -0.1) is 0 Å². The Morgan fingerprint density at radius 3 is 2.56 bits per heavy atom. The standard InChI is InChI=1S/C21H25N3O3/c22-19(13-16-7-2-1-3-8-16)21(26)23-17-9-6-10-18(14-17)27-15-20(25)24-11-4-5-12-24/h1-3,6-10,14,19H,4-5,11-13,15,22H2,(H,23,26)/t19-/m0/s1. The number of hydrogen-bond acceptors (Lipinski definition) is 4. The van der Waals surface area contributed by atoms with Crippen LogP contribution in [0.4, 0.5) is 5.69 Å². The first-order valence-corrected chi connectivity index (χ1v) is 9.23. The molecule has 6 nitrogen and oxygen atoms in total. The molecule has 1 atom stereocenters. The number of hydrogen-bond donors (Lipinski definition) is 2. The van der Waals surface area contributed by atoms with E-state index in [4.69, 9.17) is 10.5 Å². The minimum absolute atomic E-state index is 0.00488. The van der Waals surface area contributed by atoms with Gasteiger partial charge in [-0.1, -0.05) is 36.4 Å². The number of rotatable bonds is 7. The fraction of sp³-hybridized carbons (Fsp3) is 0.333. The van der Waals surface area contributed by atoms with E-state index in [1.807, 2.05) is 35.2 Å². The second-order valence-electron chi connectivity index (χ2n) is 6.69. The maximum atomic E-state index is 12.3. The maximum absolute atomic E-state index is 12.3. The fourth-order valence-electron chi connectivity index (χ4n) is 3.06. The summed E-state index contributed by atoms with van der Waals surface area (Å²) in [7, 11) is 0. The van der Waals surface area contributed by atoms with Crippen LogP contribution in [0, 0.1) is 0 Å². The minimum atomic E-state index is -0.645. The number of nitrogens with one attached hydrogen (secondary N) is 1. The van der Waals surface area contributed by atoms with Crippen molar-refractivity contribution in [3.8, 4) is 5.75 Å². The highest BCUT2D eigenvalue weighted by Crippen LogP contribution is 2.18. The third-order valence-electron chi connectivity index (χ3n) is 4.56. The van der Waals surface area contributed by atoms with E-state index in [0.717, 1.165) is 31.5 Å². The van der Waals surface area contributed by atoms with E-state index in [-0.39, 0.29) is 18.4 Å². The summed E-state index contributed by atoms with van der Waals surface area (Å²) in [6, 6.07) is 16.0. The third kappa shape index (κ3) is 5.56. The minimum Gasteiger partial charge on any atom is -0.484 e. The Balaban J connectivity index is 1.52. The molecule has 0 bridgehead atoms. The first-order chi connectivity index (χ1) is 13.1. The van der Waals surface area contributed by atoms with E-state index < -0.39 is 6.04 Å². The number of likely N-dealkylation sites (tertiary alicyclic amines) is 1. The molecule has 3 rings (SSSR count). The first kappa shape index (κ1) is 18.9. The van der Waals surface area contributed by atoms with Crippen LogP contribution in [0.5, 0.6) is 5.75 Å². The molecule has 0 aliphatic carbocycles. The SMILES string of the molecule is N[C@@H](Cc1ccccc1)C(=O)Nc1cccc(OCC(=O)N2CCCC2)c1. The van der Waals surface area contributed by atoms with E-state index in [2.05, 4.69) is 5.32 Å². The van der Waals surface area contributed by atoms with Gasteiger partial charge in [-0.2, -0.15) is 0 Å². The van der Waals surface area contributed by atoms with Crippen LogP contribution in [-0.2, 0) is 16.0 Å². The lowest BCUT2D eigenvalue weighted by atomic mass is 10.1. The lowest BCUT2D eigenvalue weighted by Crippen LogP contribution is -2.37. The normalized spacial score (nSPS) is 14.6. The summed E-state index contributed by atoms with van der Waals surface area (Å²) in [5.74, 6) is 0.271. The lowest BCUT2D eigenvalue weighted by molar-refractivity contribution is -0.132. The summed E-state index contributed by atoms with van der Waals surface area (Å²) in [4.78, 5) is 26.2. The first-order valence-electron chi connectivity index (χ1n) is 9.23. The molecule has 2 amide bonds. The zero-order valence-corrected chi connectivity index (χ0v) is 15.3. The Hall–Kier alpha value is -2.86. The Kier molecular flexibility index (Phi) is 6.44. The van der Waals surface area contributed by atoms with Crippen molar-refractivity contribution >= 4 is 17.5 Å². The quantitative estimate of drug-likeness (QED) is 0.786. The van der Waals surface area contributed by atoms with E-state index in [1.165, 1.54) is 0 Å². The average Bonchev–Trinajstić information content (AvgIpc) is 3.22. The molecule has 6 heteroatoms. The fourth-order valence-corrected chi connectivity index (χ4v) is 3.06. The largest absolute Gasteiger partial charge is 0.484 e. The number of carbonyl (C=O) groups excluding carboxylic acids is 2. The summed E-state index contributed by atoms with van der Waals surface area (Å²) >= 11 is 0. The molecular weight excluding hydrogens is 342 g/mol. The van der Waals surface area contributed by atoms with Gasteiger partial charge >= 0.3 is 0 Å². The molecule has 1 aliphatic heterocycles. The Morgan fingerprint density at radius 2 is 1.81 bits per heavy atom. The Morgan fingerprint density at radius 1 is 1.07 bits per heavy atom. The number of benzene rings is 2. The Bertz CT molecular complexity index is 773. The summed E-state index contributed by atoms with van der Waals surface area (Å²) in [5, 5.41) is 2.81. The lowest BCUT2D eigenvalue weighted by Gasteiger charge is -2.16. The van der Waals surface area contributed by atoms with Crippen LogP contribution in [-0.4, -0.2) is 42.5 Å². The summed E-state index contributed by atoms with van der Waals surface area (Å²) in [5.41, 5.74) is 7.61. The third-order valence-corrected chi connectivity index (χ3v) is 4.56. The van der Waals surface area contributed by atoms with E-state index >= 15 is 0 Å². The second kappa shape index (κ2) is 9.19. The van der Waals surface area contributed by atoms with Gasteiger partial charge in [0.2, 0.25) is 5.91 Å². The zero-order chi connectivity index (χ0) is 19.1. The zero-order valence-electron chi connectivity index (χ0n) is 15.3. The van der Waals surface area contributed by atoms with Gasteiger partial charge in [-0.25, -0.2) is 0 Å². The average molecular weight is 367 g/mol. The number of anilines is 1. The van der Waals surface area contributed by atoms with Crippen molar-refractivity contribution < 1.29 is 14.3 Å². The van der Waals surface area contributed by atoms with Gasteiger partial charge in [0.1, 0.15) is 5.75 Å². The smallest absolute Gasteiger partial charge is 0.260 e. The van der Waals surface area contributed by atoms with Crippen molar-refractivity contribution in [2.24, 2.45) is 5.73 Å². The van der Waals surface area contributed by atoms with Crippen LogP contribution in [0.3, 0.4) is 0 Å². The molecule has 2 aromatic carbocycles. The monoisotopic (exact) mass is 367 g/mol. The predicted octanol–water partition coefficient (Wildman–Crippen LogP) is 2.20. The van der Waals surface area contributed by atoms with Crippen molar-refractivity contribution in [1.29, 1.82) is 0 Å². The number of carbonyl (C=O) groups is 2. The summed E-state index contributed by atoms with van der Waals surface area (Å²) in [6.45, 7) is 1.61. The highest BCUT2D eigenvalue weighted by molar-refractivity contribution is 5.95. The van der Waals surface area contributed by atoms with Crippen LogP contribution < -0.4 is 15.8 Å². The van der Waals surface area contributed by atoms with Crippen LogP contribution in [0.2, 0.25) is 0 Å². The molecule has 0 radical (unpaired) electrons. The molecule has 0 saturated carbocycles. The van der Waals surface area contributed by atoms with Crippen molar-refractivity contribution in [2.75, 3.05) is 25.0 Å². The summed E-state index contributed by atoms with van der Waals surface area (Å²) in [6.07, 6.45) is 2.57. The van der Waals surface area contributed by atoms with Crippen molar-refractivity contribution in [3.05, 3.63) is 60.2 Å². The number of nitrogens with two attached hydrogens (primary N) is 1. The van der Waals surface area contributed by atoms with Crippen LogP contribution in [0.1, 0.15) is 18.4 Å². The van der Waals surface area contributed by atoms with E-state index in [0.29, 0.717) is 17.9 Å². The maximum Gasteiger partial charge on any atom is 0.260 e. The Labute approximate surface area is 159 Å². The molecule has 142 valence electrons. The van der Waals surface area contributed by atoms with Gasteiger partial charge in [0.25, 0.3) is 5.91 Å². The number of ether oxygens (including phenoxy) is 1. The van der Waals surface area contributed by atoms with Gasteiger partial charge < -0.3 is 20.7 Å². The topological polar surface area (TPSA) is 84.7 Å². The van der Waals surface area contributed by atoms with E-state index in [1.54, 1.807) is 24.3 Å². The molecule has 1 saturated heterocycles. The molecule has 1 fully saturated rings. The molecule has 3 N–H and O–H groups in total. The molecule has 0 aromatic heterocycles. The molecular formula is C21H25N3O3. The van der Waals surface area contributed by atoms with Gasteiger partial charge in [0.05, 0.1) is 6.04 Å². The number of amides is 2. The van der Waals surface area contributed by atoms with Crippen molar-refractivity contribution in [2.45, 2.75) is 25.3 Å². The molecule has 2 aromatic rings. The van der Waals surface area contributed by atoms with Crippen LogP contribution in [0.15, 0.2) is 54.6 Å². The second-order valence-corrected chi connectivity index (χ2v) is 6.69. The molecule has 1 heterocycles. The van der Waals surface area contributed by atoms with Crippen LogP contribution >= 0.6 is 0 Å². The van der Waals surface area contributed by atoms with Gasteiger partial charge in [-0.05, 0) is 37.0 Å². The van der Waals surface area contributed by atoms with Gasteiger partial charge in [0.15, 0.2) is 6.61 Å². The number of nitrogens with zero attached hydrogens (tertiary/aromatic N) is 1. The van der Waals surface area contributed by atoms with Crippen molar-refractivity contribution in [3.63, 3.8) is 0 Å².